The van der Waals surface area contributed by atoms with Gasteiger partial charge in [0.1, 0.15) is 0 Å². The molecule has 5 heteroatoms. The van der Waals surface area contributed by atoms with E-state index in [-0.39, 0.29) is 18.2 Å². The highest BCUT2D eigenvalue weighted by atomic mass is 35.5. The third kappa shape index (κ3) is 5.36. The van der Waals surface area contributed by atoms with Crippen molar-refractivity contribution in [1.82, 2.24) is 10.6 Å². The molecular formula is C12H15ClN2O2. The Bertz CT molecular complexity index is 407. The standard InChI is InChI=1S/C12H15ClN2O2/c1-9(16)14-7-6-12(17)15-8-10-4-2-3-5-11(10)13/h2-5H,6-8H2,1H3,(H,14,16)(H,15,17). The molecule has 0 spiro atoms. The molecule has 0 saturated carbocycles. The monoisotopic (exact) mass is 254 g/mol. The van der Waals surface area contributed by atoms with Gasteiger partial charge in [0, 0.05) is 31.5 Å². The molecule has 17 heavy (non-hydrogen) atoms. The van der Waals surface area contributed by atoms with Crippen LogP contribution in [0.2, 0.25) is 5.02 Å². The number of hydrogen-bond acceptors (Lipinski definition) is 2. The molecule has 0 aliphatic carbocycles. The summed E-state index contributed by atoms with van der Waals surface area (Å²) in [6.45, 7) is 2.17. The molecule has 1 aromatic carbocycles. The van der Waals surface area contributed by atoms with Crippen LogP contribution in [0.1, 0.15) is 18.9 Å². The first-order chi connectivity index (χ1) is 8.09. The average molecular weight is 255 g/mol. The number of rotatable bonds is 5. The first-order valence-electron chi connectivity index (χ1n) is 5.34. The van der Waals surface area contributed by atoms with E-state index in [0.29, 0.717) is 18.1 Å². The van der Waals surface area contributed by atoms with Gasteiger partial charge in [0.05, 0.1) is 0 Å². The molecule has 0 heterocycles. The fourth-order valence-electron chi connectivity index (χ4n) is 1.28. The number of nitrogens with one attached hydrogen (secondary N) is 2. The van der Waals surface area contributed by atoms with Crippen LogP contribution in [0.5, 0.6) is 0 Å². The van der Waals surface area contributed by atoms with Gasteiger partial charge in [-0.25, -0.2) is 0 Å². The highest BCUT2D eigenvalue weighted by molar-refractivity contribution is 6.31. The Morgan fingerprint density at radius 2 is 1.94 bits per heavy atom. The van der Waals surface area contributed by atoms with Crippen LogP contribution in [0.4, 0.5) is 0 Å². The summed E-state index contributed by atoms with van der Waals surface area (Å²) < 4.78 is 0. The molecule has 92 valence electrons. The Balaban J connectivity index is 2.29. The normalized spacial score (nSPS) is 9.76. The largest absolute Gasteiger partial charge is 0.356 e. The number of halogens is 1. The second-order valence-electron chi connectivity index (χ2n) is 3.60. The number of benzene rings is 1. The molecule has 2 N–H and O–H groups in total. The number of hydrogen-bond donors (Lipinski definition) is 2. The highest BCUT2D eigenvalue weighted by Gasteiger charge is 2.03. The van der Waals surface area contributed by atoms with E-state index in [1.54, 1.807) is 6.07 Å². The van der Waals surface area contributed by atoms with Crippen LogP contribution in [-0.4, -0.2) is 18.4 Å². The van der Waals surface area contributed by atoms with Crippen LogP contribution in [-0.2, 0) is 16.1 Å². The van der Waals surface area contributed by atoms with Crippen molar-refractivity contribution in [2.75, 3.05) is 6.54 Å². The van der Waals surface area contributed by atoms with Gasteiger partial charge in [-0.05, 0) is 11.6 Å². The van der Waals surface area contributed by atoms with Gasteiger partial charge in [0.15, 0.2) is 0 Å². The van der Waals surface area contributed by atoms with Gasteiger partial charge in [0.25, 0.3) is 0 Å². The molecule has 0 fully saturated rings. The van der Waals surface area contributed by atoms with Gasteiger partial charge in [-0.1, -0.05) is 29.8 Å². The van der Waals surface area contributed by atoms with Crippen LogP contribution in [0, 0.1) is 0 Å². The Hall–Kier alpha value is -1.55. The van der Waals surface area contributed by atoms with Crippen molar-refractivity contribution in [2.45, 2.75) is 19.9 Å². The smallest absolute Gasteiger partial charge is 0.222 e. The summed E-state index contributed by atoms with van der Waals surface area (Å²) in [4.78, 5) is 22.0. The zero-order valence-electron chi connectivity index (χ0n) is 9.63. The maximum atomic E-state index is 11.4. The minimum absolute atomic E-state index is 0.112. The Labute approximate surface area is 105 Å². The van der Waals surface area contributed by atoms with Gasteiger partial charge in [-0.15, -0.1) is 0 Å². The summed E-state index contributed by atoms with van der Waals surface area (Å²) in [5, 5.41) is 5.93. The van der Waals surface area contributed by atoms with E-state index < -0.39 is 0 Å². The van der Waals surface area contributed by atoms with Crippen LogP contribution >= 0.6 is 11.6 Å². The third-order valence-electron chi connectivity index (χ3n) is 2.16. The Kier molecular flexibility index (Phi) is 5.49. The molecular weight excluding hydrogens is 240 g/mol. The zero-order valence-corrected chi connectivity index (χ0v) is 10.4. The fraction of sp³-hybridized carbons (Fsp3) is 0.333. The summed E-state index contributed by atoms with van der Waals surface area (Å²) in [7, 11) is 0. The van der Waals surface area contributed by atoms with E-state index in [0.717, 1.165) is 5.56 Å². The second-order valence-corrected chi connectivity index (χ2v) is 4.01. The van der Waals surface area contributed by atoms with Gasteiger partial charge in [0.2, 0.25) is 11.8 Å². The molecule has 0 aliphatic heterocycles. The number of carbonyl (C=O) groups is 2. The average Bonchev–Trinajstić information content (AvgIpc) is 2.27. The maximum absolute atomic E-state index is 11.4. The van der Waals surface area contributed by atoms with Gasteiger partial charge in [-0.2, -0.15) is 0 Å². The van der Waals surface area contributed by atoms with E-state index in [4.69, 9.17) is 11.6 Å². The van der Waals surface area contributed by atoms with Gasteiger partial charge < -0.3 is 10.6 Å². The molecule has 0 bridgehead atoms. The van der Waals surface area contributed by atoms with Crippen LogP contribution in [0.15, 0.2) is 24.3 Å². The lowest BCUT2D eigenvalue weighted by atomic mass is 10.2. The molecule has 4 nitrogen and oxygen atoms in total. The van der Waals surface area contributed by atoms with E-state index in [9.17, 15) is 9.59 Å². The van der Waals surface area contributed by atoms with E-state index >= 15 is 0 Å². The number of amides is 2. The minimum Gasteiger partial charge on any atom is -0.356 e. The van der Waals surface area contributed by atoms with Gasteiger partial charge in [-0.3, -0.25) is 9.59 Å². The molecule has 0 radical (unpaired) electrons. The Morgan fingerprint density at radius 3 is 2.59 bits per heavy atom. The lowest BCUT2D eigenvalue weighted by Crippen LogP contribution is -2.29. The predicted molar refractivity (Wildman–Crippen MR) is 66.6 cm³/mol. The molecule has 1 rings (SSSR count). The summed E-state index contributed by atoms with van der Waals surface area (Å²) in [6.07, 6.45) is 0.268. The maximum Gasteiger partial charge on any atom is 0.222 e. The second kappa shape index (κ2) is 6.91. The van der Waals surface area contributed by atoms with Crippen molar-refractivity contribution in [3.05, 3.63) is 34.9 Å². The molecule has 0 aliphatic rings. The summed E-state index contributed by atoms with van der Waals surface area (Å²) in [6, 6.07) is 7.34. The zero-order chi connectivity index (χ0) is 12.7. The molecule has 1 aromatic rings. The molecule has 0 aromatic heterocycles. The Morgan fingerprint density at radius 1 is 1.24 bits per heavy atom. The summed E-state index contributed by atoms with van der Waals surface area (Å²) in [5.41, 5.74) is 0.877. The summed E-state index contributed by atoms with van der Waals surface area (Å²) >= 11 is 5.95. The van der Waals surface area contributed by atoms with Gasteiger partial charge >= 0.3 is 0 Å². The van der Waals surface area contributed by atoms with Crippen LogP contribution in [0.3, 0.4) is 0 Å². The lowest BCUT2D eigenvalue weighted by Gasteiger charge is -2.07. The van der Waals surface area contributed by atoms with E-state index in [2.05, 4.69) is 10.6 Å². The van der Waals surface area contributed by atoms with E-state index in [1.165, 1.54) is 6.92 Å². The van der Waals surface area contributed by atoms with E-state index in [1.807, 2.05) is 18.2 Å². The lowest BCUT2D eigenvalue weighted by molar-refractivity contribution is -0.121. The quantitative estimate of drug-likeness (QED) is 0.836. The van der Waals surface area contributed by atoms with Crippen molar-refractivity contribution >= 4 is 23.4 Å². The van der Waals surface area contributed by atoms with Crippen molar-refractivity contribution in [3.63, 3.8) is 0 Å². The summed E-state index contributed by atoms with van der Waals surface area (Å²) in [5.74, 6) is -0.248. The molecule has 0 atom stereocenters. The number of carbonyl (C=O) groups excluding carboxylic acids is 2. The van der Waals surface area contributed by atoms with Crippen molar-refractivity contribution in [3.8, 4) is 0 Å². The topological polar surface area (TPSA) is 58.2 Å². The van der Waals surface area contributed by atoms with Crippen LogP contribution in [0.25, 0.3) is 0 Å². The highest BCUT2D eigenvalue weighted by Crippen LogP contribution is 2.14. The SMILES string of the molecule is CC(=O)NCCC(=O)NCc1ccccc1Cl. The first kappa shape index (κ1) is 13.5. The molecule has 0 unspecified atom stereocenters. The predicted octanol–water partition coefficient (Wildman–Crippen LogP) is 1.48. The molecule has 2 amide bonds. The first-order valence-corrected chi connectivity index (χ1v) is 5.72. The van der Waals surface area contributed by atoms with Crippen LogP contribution < -0.4 is 10.6 Å². The van der Waals surface area contributed by atoms with Crippen molar-refractivity contribution in [1.29, 1.82) is 0 Å². The van der Waals surface area contributed by atoms with Crippen molar-refractivity contribution < 1.29 is 9.59 Å². The third-order valence-corrected chi connectivity index (χ3v) is 2.53. The fourth-order valence-corrected chi connectivity index (χ4v) is 1.48. The minimum atomic E-state index is -0.135. The molecule has 0 saturated heterocycles. The van der Waals surface area contributed by atoms with Crippen molar-refractivity contribution in [2.24, 2.45) is 0 Å².